The van der Waals surface area contributed by atoms with Crippen molar-refractivity contribution in [1.29, 1.82) is 0 Å². The highest BCUT2D eigenvalue weighted by molar-refractivity contribution is 7.99. The molecule has 1 saturated heterocycles. The van der Waals surface area contributed by atoms with Crippen molar-refractivity contribution in [2.24, 2.45) is 0 Å². The van der Waals surface area contributed by atoms with Crippen LogP contribution in [0.15, 0.2) is 11.1 Å². The van der Waals surface area contributed by atoms with E-state index in [4.69, 9.17) is 16.7 Å². The van der Waals surface area contributed by atoms with E-state index in [1.54, 1.807) is 11.8 Å². The van der Waals surface area contributed by atoms with E-state index in [9.17, 15) is 4.79 Å². The minimum absolute atomic E-state index is 0.361. The van der Waals surface area contributed by atoms with Crippen molar-refractivity contribution < 1.29 is 9.90 Å². The van der Waals surface area contributed by atoms with Crippen LogP contribution in [0.1, 0.15) is 6.92 Å². The summed E-state index contributed by atoms with van der Waals surface area (Å²) in [5, 5.41) is 8.99. The summed E-state index contributed by atoms with van der Waals surface area (Å²) in [6.07, 6.45) is 0. The Balaban J connectivity index is 2.58. The van der Waals surface area contributed by atoms with Gasteiger partial charge in [-0.1, -0.05) is 11.6 Å². The monoisotopic (exact) mass is 235 g/mol. The molecule has 80 valence electrons. The van der Waals surface area contributed by atoms with Gasteiger partial charge in [-0.15, -0.1) is 0 Å². The molecule has 0 amide bonds. The zero-order valence-electron chi connectivity index (χ0n) is 8.07. The summed E-state index contributed by atoms with van der Waals surface area (Å²) >= 11 is 7.25. The van der Waals surface area contributed by atoms with Crippen LogP contribution in [0.3, 0.4) is 0 Å². The average Bonchev–Trinajstić information content (AvgIpc) is 2.18. The molecule has 0 aliphatic carbocycles. The lowest BCUT2D eigenvalue weighted by Gasteiger charge is -2.32. The number of carboxylic acid groups (broad SMARTS) is 1. The molecule has 0 aromatic rings. The number of hydrogen-bond donors (Lipinski definition) is 1. The smallest absolute Gasteiger partial charge is 0.321 e. The predicted octanol–water partition coefficient (Wildman–Crippen LogP) is 1.63. The van der Waals surface area contributed by atoms with Crippen LogP contribution in [0.25, 0.3) is 0 Å². The fourth-order valence-electron chi connectivity index (χ4n) is 1.41. The molecule has 1 aliphatic rings. The number of halogens is 1. The Morgan fingerprint density at radius 2 is 2.50 bits per heavy atom. The first-order valence-electron chi connectivity index (χ1n) is 4.45. The second kappa shape index (κ2) is 5.63. The molecule has 1 N–H and O–H groups in total. The van der Waals surface area contributed by atoms with Crippen molar-refractivity contribution in [1.82, 2.24) is 4.90 Å². The van der Waals surface area contributed by atoms with E-state index in [1.165, 1.54) is 5.54 Å². The van der Waals surface area contributed by atoms with Crippen LogP contribution in [0.4, 0.5) is 0 Å². The van der Waals surface area contributed by atoms with Gasteiger partial charge in [-0.3, -0.25) is 9.69 Å². The Kier molecular flexibility index (Phi) is 4.78. The molecule has 5 heteroatoms. The first-order valence-corrected chi connectivity index (χ1v) is 6.04. The molecular formula is C9H14ClNO2S. The van der Waals surface area contributed by atoms with Crippen molar-refractivity contribution in [3.8, 4) is 0 Å². The highest BCUT2D eigenvalue weighted by Crippen LogP contribution is 2.17. The van der Waals surface area contributed by atoms with Crippen LogP contribution in [0.5, 0.6) is 0 Å². The van der Waals surface area contributed by atoms with Gasteiger partial charge < -0.3 is 5.11 Å². The summed E-state index contributed by atoms with van der Waals surface area (Å²) < 4.78 is 0. The standard InChI is InChI=1S/C9H14ClNO2S/c1-7(4-10)5-11-2-3-14-6-8(11)9(12)13/h4,8H,2-3,5-6H2,1H3,(H,12,13). The summed E-state index contributed by atoms with van der Waals surface area (Å²) in [6, 6.07) is -0.361. The van der Waals surface area contributed by atoms with Crippen LogP contribution >= 0.6 is 23.4 Å². The number of rotatable bonds is 3. The molecule has 0 aromatic heterocycles. The van der Waals surface area contributed by atoms with Gasteiger partial charge in [-0.25, -0.2) is 0 Å². The number of aliphatic carboxylic acids is 1. The Hall–Kier alpha value is -0.190. The van der Waals surface area contributed by atoms with Gasteiger partial charge in [-0.2, -0.15) is 11.8 Å². The Bertz CT molecular complexity index is 245. The van der Waals surface area contributed by atoms with Crippen LogP contribution in [0, 0.1) is 0 Å². The van der Waals surface area contributed by atoms with Gasteiger partial charge in [0.15, 0.2) is 0 Å². The van der Waals surface area contributed by atoms with E-state index in [1.807, 2.05) is 11.8 Å². The molecule has 1 aliphatic heterocycles. The minimum Gasteiger partial charge on any atom is -0.480 e. The summed E-state index contributed by atoms with van der Waals surface area (Å²) in [4.78, 5) is 12.9. The second-order valence-corrected chi connectivity index (χ2v) is 4.72. The molecule has 0 saturated carbocycles. The molecule has 1 atom stereocenters. The second-order valence-electron chi connectivity index (χ2n) is 3.35. The maximum Gasteiger partial charge on any atom is 0.321 e. The first kappa shape index (κ1) is 11.9. The lowest BCUT2D eigenvalue weighted by Crippen LogP contribution is -2.47. The minimum atomic E-state index is -0.737. The fraction of sp³-hybridized carbons (Fsp3) is 0.667. The Morgan fingerprint density at radius 1 is 1.79 bits per heavy atom. The van der Waals surface area contributed by atoms with Crippen molar-refractivity contribution >= 4 is 29.3 Å². The van der Waals surface area contributed by atoms with E-state index < -0.39 is 5.97 Å². The molecule has 1 heterocycles. The van der Waals surface area contributed by atoms with E-state index in [0.717, 1.165) is 17.9 Å². The van der Waals surface area contributed by atoms with Crippen LogP contribution in [-0.4, -0.2) is 46.6 Å². The maximum absolute atomic E-state index is 10.9. The van der Waals surface area contributed by atoms with E-state index in [-0.39, 0.29) is 6.04 Å². The molecule has 1 rings (SSSR count). The molecular weight excluding hydrogens is 222 g/mol. The molecule has 3 nitrogen and oxygen atoms in total. The SMILES string of the molecule is CC(=CCl)CN1CCSCC1C(=O)O. The fourth-order valence-corrected chi connectivity index (χ4v) is 2.59. The summed E-state index contributed by atoms with van der Waals surface area (Å²) in [5.41, 5.74) is 2.52. The average molecular weight is 236 g/mol. The topological polar surface area (TPSA) is 40.5 Å². The number of carbonyl (C=O) groups is 1. The van der Waals surface area contributed by atoms with Crippen molar-refractivity contribution in [3.63, 3.8) is 0 Å². The van der Waals surface area contributed by atoms with Gasteiger partial charge in [0.1, 0.15) is 6.04 Å². The maximum atomic E-state index is 10.9. The van der Waals surface area contributed by atoms with Crippen LogP contribution < -0.4 is 0 Å². The third-order valence-electron chi connectivity index (χ3n) is 2.16. The largest absolute Gasteiger partial charge is 0.480 e. The molecule has 0 bridgehead atoms. The number of nitrogens with zero attached hydrogens (tertiary/aromatic N) is 1. The van der Waals surface area contributed by atoms with Crippen molar-refractivity contribution in [2.75, 3.05) is 24.6 Å². The highest BCUT2D eigenvalue weighted by Gasteiger charge is 2.28. The first-order chi connectivity index (χ1) is 6.65. The van der Waals surface area contributed by atoms with Gasteiger partial charge >= 0.3 is 5.97 Å². The zero-order chi connectivity index (χ0) is 10.6. The van der Waals surface area contributed by atoms with E-state index in [2.05, 4.69) is 0 Å². The number of thioether (sulfide) groups is 1. The van der Waals surface area contributed by atoms with Gasteiger partial charge in [0.05, 0.1) is 0 Å². The summed E-state index contributed by atoms with van der Waals surface area (Å²) in [5.74, 6) is 0.934. The Labute approximate surface area is 93.1 Å². The normalized spacial score (nSPS) is 25.0. The molecule has 0 spiro atoms. The number of carboxylic acids is 1. The van der Waals surface area contributed by atoms with Crippen LogP contribution in [-0.2, 0) is 4.79 Å². The van der Waals surface area contributed by atoms with Gasteiger partial charge in [0.25, 0.3) is 0 Å². The third kappa shape index (κ3) is 3.19. The molecule has 0 aromatic carbocycles. The van der Waals surface area contributed by atoms with Crippen molar-refractivity contribution in [3.05, 3.63) is 11.1 Å². The van der Waals surface area contributed by atoms with Crippen LogP contribution in [0.2, 0.25) is 0 Å². The molecule has 1 unspecified atom stereocenters. The lowest BCUT2D eigenvalue weighted by atomic mass is 10.2. The zero-order valence-corrected chi connectivity index (χ0v) is 9.64. The third-order valence-corrected chi connectivity index (χ3v) is 3.56. The molecule has 1 fully saturated rings. The highest BCUT2D eigenvalue weighted by atomic mass is 35.5. The lowest BCUT2D eigenvalue weighted by molar-refractivity contribution is -0.142. The summed E-state index contributed by atoms with van der Waals surface area (Å²) in [7, 11) is 0. The number of hydrogen-bond acceptors (Lipinski definition) is 3. The van der Waals surface area contributed by atoms with Gasteiger partial charge in [0, 0.05) is 30.1 Å². The van der Waals surface area contributed by atoms with E-state index in [0.29, 0.717) is 12.3 Å². The van der Waals surface area contributed by atoms with Gasteiger partial charge in [-0.05, 0) is 12.5 Å². The quantitative estimate of drug-likeness (QED) is 0.808. The van der Waals surface area contributed by atoms with Crippen molar-refractivity contribution in [2.45, 2.75) is 13.0 Å². The molecule has 14 heavy (non-hydrogen) atoms. The Morgan fingerprint density at radius 3 is 3.07 bits per heavy atom. The summed E-state index contributed by atoms with van der Waals surface area (Å²) in [6.45, 7) is 3.39. The van der Waals surface area contributed by atoms with Gasteiger partial charge in [0.2, 0.25) is 0 Å². The van der Waals surface area contributed by atoms with E-state index >= 15 is 0 Å². The predicted molar refractivity (Wildman–Crippen MR) is 59.9 cm³/mol. The molecule has 0 radical (unpaired) electrons.